The Morgan fingerprint density at radius 1 is 0.857 bits per heavy atom. The SMILES string of the molecule is COc1cc(OC)cc(C(=O)N2CCC(C(=O)Nc3ccc(OCc4ccccc4)cc3)CC2)c1. The van der Waals surface area contributed by atoms with Crippen LogP contribution in [0.4, 0.5) is 5.69 Å². The molecule has 3 aromatic carbocycles. The minimum Gasteiger partial charge on any atom is -0.497 e. The summed E-state index contributed by atoms with van der Waals surface area (Å²) in [7, 11) is 3.11. The molecule has 2 amide bonds. The number of methoxy groups -OCH3 is 2. The largest absolute Gasteiger partial charge is 0.497 e. The molecule has 3 aromatic rings. The number of rotatable bonds is 8. The molecule has 0 unspecified atom stereocenters. The van der Waals surface area contributed by atoms with Crippen LogP contribution in [0.1, 0.15) is 28.8 Å². The fraction of sp³-hybridized carbons (Fsp3) is 0.286. The molecule has 1 fully saturated rings. The lowest BCUT2D eigenvalue weighted by molar-refractivity contribution is -0.121. The van der Waals surface area contributed by atoms with E-state index in [0.717, 1.165) is 17.0 Å². The van der Waals surface area contributed by atoms with Crippen LogP contribution in [0.2, 0.25) is 0 Å². The maximum atomic E-state index is 13.0. The van der Waals surface area contributed by atoms with Crippen molar-refractivity contribution in [2.75, 3.05) is 32.6 Å². The summed E-state index contributed by atoms with van der Waals surface area (Å²) in [4.78, 5) is 27.6. The highest BCUT2D eigenvalue weighted by atomic mass is 16.5. The van der Waals surface area contributed by atoms with Crippen molar-refractivity contribution in [3.63, 3.8) is 0 Å². The first-order valence-electron chi connectivity index (χ1n) is 11.7. The van der Waals surface area contributed by atoms with Gasteiger partial charge in [-0.1, -0.05) is 30.3 Å². The summed E-state index contributed by atoms with van der Waals surface area (Å²) in [6, 6.07) is 22.5. The Kier molecular flexibility index (Phi) is 7.88. The number of piperidine rings is 1. The summed E-state index contributed by atoms with van der Waals surface area (Å²) >= 11 is 0. The molecule has 182 valence electrons. The van der Waals surface area contributed by atoms with Crippen LogP contribution >= 0.6 is 0 Å². The van der Waals surface area contributed by atoms with E-state index in [0.29, 0.717) is 49.6 Å². The molecule has 1 aliphatic rings. The molecule has 0 aliphatic carbocycles. The Morgan fingerprint density at radius 3 is 2.09 bits per heavy atom. The average molecular weight is 475 g/mol. The summed E-state index contributed by atoms with van der Waals surface area (Å²) in [5.41, 5.74) is 2.34. The van der Waals surface area contributed by atoms with Gasteiger partial charge in [0.2, 0.25) is 5.91 Å². The molecule has 1 N–H and O–H groups in total. The number of nitrogens with one attached hydrogen (secondary N) is 1. The quantitative estimate of drug-likeness (QED) is 0.509. The minimum atomic E-state index is -0.145. The van der Waals surface area contributed by atoms with E-state index < -0.39 is 0 Å². The number of likely N-dealkylation sites (tertiary alicyclic amines) is 1. The van der Waals surface area contributed by atoms with Gasteiger partial charge < -0.3 is 24.4 Å². The molecular formula is C28H30N2O5. The van der Waals surface area contributed by atoms with Crippen molar-refractivity contribution in [1.82, 2.24) is 4.90 Å². The molecule has 0 aromatic heterocycles. The van der Waals surface area contributed by atoms with E-state index in [-0.39, 0.29) is 17.7 Å². The highest BCUT2D eigenvalue weighted by Gasteiger charge is 2.28. The van der Waals surface area contributed by atoms with Crippen LogP contribution in [-0.4, -0.2) is 44.0 Å². The van der Waals surface area contributed by atoms with Gasteiger partial charge in [0.15, 0.2) is 0 Å². The zero-order valence-corrected chi connectivity index (χ0v) is 20.0. The summed E-state index contributed by atoms with van der Waals surface area (Å²) < 4.78 is 16.3. The van der Waals surface area contributed by atoms with Crippen LogP contribution in [0.25, 0.3) is 0 Å². The Hall–Kier alpha value is -4.00. The van der Waals surface area contributed by atoms with Crippen LogP contribution < -0.4 is 19.5 Å². The van der Waals surface area contributed by atoms with Crippen molar-refractivity contribution in [3.8, 4) is 17.2 Å². The van der Waals surface area contributed by atoms with Gasteiger partial charge in [-0.25, -0.2) is 0 Å². The maximum Gasteiger partial charge on any atom is 0.254 e. The Bertz CT molecular complexity index is 1120. The molecule has 7 nitrogen and oxygen atoms in total. The third-order valence-electron chi connectivity index (χ3n) is 6.12. The second-order valence-corrected chi connectivity index (χ2v) is 8.46. The number of ether oxygens (including phenoxy) is 3. The van der Waals surface area contributed by atoms with Gasteiger partial charge in [-0.05, 0) is 54.8 Å². The van der Waals surface area contributed by atoms with Gasteiger partial charge in [-0.15, -0.1) is 0 Å². The van der Waals surface area contributed by atoms with Crippen molar-refractivity contribution >= 4 is 17.5 Å². The highest BCUT2D eigenvalue weighted by molar-refractivity contribution is 5.96. The molecule has 0 bridgehead atoms. The average Bonchev–Trinajstić information content (AvgIpc) is 2.92. The van der Waals surface area contributed by atoms with Crippen LogP contribution in [0.5, 0.6) is 17.2 Å². The van der Waals surface area contributed by atoms with Gasteiger partial charge in [0.05, 0.1) is 14.2 Å². The third-order valence-corrected chi connectivity index (χ3v) is 6.12. The lowest BCUT2D eigenvalue weighted by atomic mass is 9.95. The van der Waals surface area contributed by atoms with Crippen LogP contribution in [0, 0.1) is 5.92 Å². The fourth-order valence-corrected chi connectivity index (χ4v) is 4.08. The number of nitrogens with zero attached hydrogens (tertiary/aromatic N) is 1. The first-order chi connectivity index (χ1) is 17.1. The number of hydrogen-bond acceptors (Lipinski definition) is 5. The lowest BCUT2D eigenvalue weighted by Gasteiger charge is -2.31. The topological polar surface area (TPSA) is 77.1 Å². The van der Waals surface area contributed by atoms with Crippen LogP contribution in [0.15, 0.2) is 72.8 Å². The zero-order chi connectivity index (χ0) is 24.6. The monoisotopic (exact) mass is 474 g/mol. The first-order valence-corrected chi connectivity index (χ1v) is 11.7. The predicted molar refractivity (Wildman–Crippen MR) is 134 cm³/mol. The second kappa shape index (κ2) is 11.4. The minimum absolute atomic E-state index is 0.0295. The molecule has 1 heterocycles. The fourth-order valence-electron chi connectivity index (χ4n) is 4.08. The molecule has 0 atom stereocenters. The molecule has 35 heavy (non-hydrogen) atoms. The van der Waals surface area contributed by atoms with Crippen LogP contribution in [-0.2, 0) is 11.4 Å². The Morgan fingerprint density at radius 2 is 1.49 bits per heavy atom. The van der Waals surface area contributed by atoms with E-state index in [1.807, 2.05) is 54.6 Å². The summed E-state index contributed by atoms with van der Waals surface area (Å²) in [5.74, 6) is 1.61. The van der Waals surface area contributed by atoms with Gasteiger partial charge in [0.1, 0.15) is 23.9 Å². The first kappa shape index (κ1) is 24.1. The zero-order valence-electron chi connectivity index (χ0n) is 20.0. The van der Waals surface area contributed by atoms with Gasteiger partial charge in [-0.2, -0.15) is 0 Å². The van der Waals surface area contributed by atoms with E-state index in [1.165, 1.54) is 0 Å². The maximum absolute atomic E-state index is 13.0. The molecule has 7 heteroatoms. The molecule has 4 rings (SSSR count). The second-order valence-electron chi connectivity index (χ2n) is 8.46. The molecule has 1 aliphatic heterocycles. The smallest absolute Gasteiger partial charge is 0.254 e. The normalized spacial score (nSPS) is 13.7. The van der Waals surface area contributed by atoms with E-state index in [1.54, 1.807) is 37.3 Å². The number of amides is 2. The molecule has 0 radical (unpaired) electrons. The number of carbonyl (C=O) groups is 2. The van der Waals surface area contributed by atoms with Crippen LogP contribution in [0.3, 0.4) is 0 Å². The summed E-state index contributed by atoms with van der Waals surface area (Å²) in [6.07, 6.45) is 1.22. The van der Waals surface area contributed by atoms with Crippen molar-refractivity contribution in [1.29, 1.82) is 0 Å². The van der Waals surface area contributed by atoms with Gasteiger partial charge >= 0.3 is 0 Å². The van der Waals surface area contributed by atoms with E-state index >= 15 is 0 Å². The van der Waals surface area contributed by atoms with Gasteiger partial charge in [0, 0.05) is 36.3 Å². The van der Waals surface area contributed by atoms with E-state index in [4.69, 9.17) is 14.2 Å². The van der Waals surface area contributed by atoms with Crippen molar-refractivity contribution in [2.45, 2.75) is 19.4 Å². The highest BCUT2D eigenvalue weighted by Crippen LogP contribution is 2.26. The van der Waals surface area contributed by atoms with Crippen molar-refractivity contribution in [2.24, 2.45) is 5.92 Å². The van der Waals surface area contributed by atoms with Crippen molar-refractivity contribution in [3.05, 3.63) is 83.9 Å². The third kappa shape index (κ3) is 6.32. The number of carbonyl (C=O) groups excluding carboxylic acids is 2. The molecular weight excluding hydrogens is 444 g/mol. The lowest BCUT2D eigenvalue weighted by Crippen LogP contribution is -2.41. The number of hydrogen-bond donors (Lipinski definition) is 1. The van der Waals surface area contributed by atoms with E-state index in [9.17, 15) is 9.59 Å². The predicted octanol–water partition coefficient (Wildman–Crippen LogP) is 4.77. The summed E-state index contributed by atoms with van der Waals surface area (Å²) in [6.45, 7) is 1.53. The Labute approximate surface area is 205 Å². The van der Waals surface area contributed by atoms with Gasteiger partial charge in [-0.3, -0.25) is 9.59 Å². The summed E-state index contributed by atoms with van der Waals surface area (Å²) in [5, 5.41) is 2.99. The Balaban J connectivity index is 1.27. The van der Waals surface area contributed by atoms with Crippen molar-refractivity contribution < 1.29 is 23.8 Å². The molecule has 0 saturated carbocycles. The molecule has 1 saturated heterocycles. The number of benzene rings is 3. The van der Waals surface area contributed by atoms with E-state index in [2.05, 4.69) is 5.32 Å². The number of anilines is 1. The van der Waals surface area contributed by atoms with Gasteiger partial charge in [0.25, 0.3) is 5.91 Å². The standard InChI is InChI=1S/C28H30N2O5/c1-33-25-16-22(17-26(18-25)34-2)28(32)30-14-12-21(13-15-30)27(31)29-23-8-10-24(11-9-23)35-19-20-6-4-3-5-7-20/h3-11,16-18,21H,12-15,19H2,1-2H3,(H,29,31). The molecule has 0 spiro atoms.